The lowest BCUT2D eigenvalue weighted by atomic mass is 10.0. The molecule has 5 heterocycles. The molecule has 0 unspecified atom stereocenters. The standard InChI is InChI=1S/C32H26F3N5O5S/c1-36-15-21-18-11-20(23-8-9-27-30(38-23)26-12-19-22(33)5-4-6-24(19)40(26)16-43-27)25(39(2)46(3,41)42)13-28(18)44-31(21)17-7-10-29(37-14-17)45-32(34)35/h4-14,32,36H,15-16H2,1-3H3. The van der Waals surface area contributed by atoms with E-state index in [1.807, 2.05) is 10.6 Å². The van der Waals surface area contributed by atoms with Gasteiger partial charge in [0.15, 0.2) is 6.73 Å². The first-order valence-electron chi connectivity index (χ1n) is 14.0. The van der Waals surface area contributed by atoms with Crippen LogP contribution in [-0.2, 0) is 23.3 Å². The summed E-state index contributed by atoms with van der Waals surface area (Å²) in [5, 5.41) is 4.23. The van der Waals surface area contributed by atoms with Gasteiger partial charge in [-0.15, -0.1) is 0 Å². The molecule has 6 aromatic rings. The number of aromatic nitrogens is 3. The third-order valence-electron chi connectivity index (χ3n) is 7.93. The maximum Gasteiger partial charge on any atom is 0.388 e. The maximum absolute atomic E-state index is 14.7. The number of halogens is 3. The minimum Gasteiger partial charge on any atom is -0.470 e. The van der Waals surface area contributed by atoms with Crippen LogP contribution < -0.4 is 19.1 Å². The predicted molar refractivity (Wildman–Crippen MR) is 167 cm³/mol. The second-order valence-electron chi connectivity index (χ2n) is 10.7. The van der Waals surface area contributed by atoms with E-state index in [2.05, 4.69) is 15.0 Å². The van der Waals surface area contributed by atoms with Crippen LogP contribution in [0.3, 0.4) is 0 Å². The largest absolute Gasteiger partial charge is 0.470 e. The molecule has 1 aliphatic rings. The first-order chi connectivity index (χ1) is 22.0. The minimum absolute atomic E-state index is 0.180. The van der Waals surface area contributed by atoms with Crippen LogP contribution in [0.2, 0.25) is 0 Å². The van der Waals surface area contributed by atoms with Gasteiger partial charge in [0, 0.05) is 59.4 Å². The van der Waals surface area contributed by atoms with Gasteiger partial charge in [-0.2, -0.15) is 8.78 Å². The van der Waals surface area contributed by atoms with Crippen molar-refractivity contribution in [2.45, 2.75) is 19.9 Å². The third kappa shape index (κ3) is 4.99. The van der Waals surface area contributed by atoms with Crippen LogP contribution in [0.4, 0.5) is 18.9 Å². The molecule has 1 aliphatic heterocycles. The van der Waals surface area contributed by atoms with E-state index < -0.39 is 16.6 Å². The van der Waals surface area contributed by atoms with Gasteiger partial charge in [0.25, 0.3) is 0 Å². The van der Waals surface area contributed by atoms with Crippen LogP contribution >= 0.6 is 0 Å². The van der Waals surface area contributed by atoms with Crippen LogP contribution in [0.1, 0.15) is 5.56 Å². The zero-order valence-corrected chi connectivity index (χ0v) is 25.5. The van der Waals surface area contributed by atoms with Crippen molar-refractivity contribution in [1.82, 2.24) is 19.9 Å². The van der Waals surface area contributed by atoms with Crippen LogP contribution in [0.5, 0.6) is 11.6 Å². The third-order valence-corrected chi connectivity index (χ3v) is 9.12. The summed E-state index contributed by atoms with van der Waals surface area (Å²) >= 11 is 0. The molecular formula is C32H26F3N5O5S. The molecule has 46 heavy (non-hydrogen) atoms. The molecule has 10 nitrogen and oxygen atoms in total. The molecule has 0 saturated carbocycles. The first-order valence-corrected chi connectivity index (χ1v) is 15.9. The van der Waals surface area contributed by atoms with Crippen molar-refractivity contribution in [2.75, 3.05) is 24.7 Å². The first kappa shape index (κ1) is 29.6. The fourth-order valence-corrected chi connectivity index (χ4v) is 6.21. The molecule has 2 aromatic carbocycles. The van der Waals surface area contributed by atoms with E-state index in [4.69, 9.17) is 14.1 Å². The molecule has 0 spiro atoms. The molecule has 7 rings (SSSR count). The number of hydrogen-bond donors (Lipinski definition) is 1. The Morgan fingerprint density at radius 2 is 1.93 bits per heavy atom. The Labute approximate surface area is 261 Å². The zero-order valence-electron chi connectivity index (χ0n) is 24.7. The van der Waals surface area contributed by atoms with Crippen molar-refractivity contribution in [2.24, 2.45) is 0 Å². The molecule has 0 aliphatic carbocycles. The van der Waals surface area contributed by atoms with Crippen LogP contribution in [0.25, 0.3) is 55.8 Å². The Morgan fingerprint density at radius 1 is 1.11 bits per heavy atom. The number of rotatable bonds is 8. The van der Waals surface area contributed by atoms with Crippen molar-refractivity contribution < 1.29 is 35.5 Å². The Kier molecular flexibility index (Phi) is 7.13. The normalized spacial score (nSPS) is 12.8. The molecule has 0 radical (unpaired) electrons. The molecule has 0 atom stereocenters. The molecular weight excluding hydrogens is 623 g/mol. The van der Waals surface area contributed by atoms with E-state index in [-0.39, 0.29) is 18.4 Å². The molecule has 236 valence electrons. The van der Waals surface area contributed by atoms with Gasteiger partial charge in [-0.25, -0.2) is 22.8 Å². The Bertz CT molecular complexity index is 2250. The number of nitrogens with one attached hydrogen (secondary N) is 1. The monoisotopic (exact) mass is 649 g/mol. The van der Waals surface area contributed by atoms with E-state index in [1.165, 1.54) is 25.4 Å². The number of anilines is 1. The van der Waals surface area contributed by atoms with Crippen molar-refractivity contribution in [3.8, 4) is 45.6 Å². The summed E-state index contributed by atoms with van der Waals surface area (Å²) in [4.78, 5) is 8.91. The van der Waals surface area contributed by atoms with Crippen molar-refractivity contribution in [3.63, 3.8) is 0 Å². The highest BCUT2D eigenvalue weighted by atomic mass is 32.2. The summed E-state index contributed by atoms with van der Waals surface area (Å²) in [6.07, 6.45) is 2.46. The van der Waals surface area contributed by atoms with Crippen molar-refractivity contribution >= 4 is 37.6 Å². The summed E-state index contributed by atoms with van der Waals surface area (Å²) in [6.45, 7) is -2.48. The molecule has 0 saturated heterocycles. The van der Waals surface area contributed by atoms with Crippen LogP contribution in [-0.4, -0.2) is 49.9 Å². The number of furan rings is 1. The smallest absolute Gasteiger partial charge is 0.388 e. The second-order valence-corrected chi connectivity index (χ2v) is 12.8. The Balaban J connectivity index is 1.43. The summed E-state index contributed by atoms with van der Waals surface area (Å²) in [6, 6.07) is 16.4. The van der Waals surface area contributed by atoms with E-state index in [1.54, 1.807) is 49.5 Å². The lowest BCUT2D eigenvalue weighted by molar-refractivity contribution is -0.0528. The summed E-state index contributed by atoms with van der Waals surface area (Å²) in [5.41, 5.74) is 4.68. The van der Waals surface area contributed by atoms with Gasteiger partial charge >= 0.3 is 6.61 Å². The van der Waals surface area contributed by atoms with E-state index in [0.717, 1.165) is 16.1 Å². The zero-order chi connectivity index (χ0) is 32.3. The van der Waals surface area contributed by atoms with Gasteiger partial charge in [0.1, 0.15) is 28.6 Å². The van der Waals surface area contributed by atoms with Gasteiger partial charge in [-0.05, 0) is 49.5 Å². The van der Waals surface area contributed by atoms with Gasteiger partial charge in [-0.3, -0.25) is 4.31 Å². The lowest BCUT2D eigenvalue weighted by Gasteiger charge is -2.23. The Hall–Kier alpha value is -5.08. The average molecular weight is 650 g/mol. The van der Waals surface area contributed by atoms with E-state index >= 15 is 0 Å². The van der Waals surface area contributed by atoms with Crippen molar-refractivity contribution in [1.29, 1.82) is 0 Å². The molecule has 0 fully saturated rings. The molecule has 4 aromatic heterocycles. The number of fused-ring (bicyclic) bond motifs is 6. The van der Waals surface area contributed by atoms with Crippen LogP contribution in [0, 0.1) is 5.82 Å². The molecule has 0 amide bonds. The highest BCUT2D eigenvalue weighted by molar-refractivity contribution is 7.92. The number of nitrogens with zero attached hydrogens (tertiary/aromatic N) is 4. The van der Waals surface area contributed by atoms with Gasteiger partial charge in [-0.1, -0.05) is 6.07 Å². The Morgan fingerprint density at radius 3 is 2.65 bits per heavy atom. The van der Waals surface area contributed by atoms with Gasteiger partial charge < -0.3 is 23.8 Å². The lowest BCUT2D eigenvalue weighted by Crippen LogP contribution is -2.25. The minimum atomic E-state index is -3.73. The van der Waals surface area contributed by atoms with E-state index in [9.17, 15) is 21.6 Å². The number of benzene rings is 2. The predicted octanol–water partition coefficient (Wildman–Crippen LogP) is 6.38. The molecule has 1 N–H and O–H groups in total. The summed E-state index contributed by atoms with van der Waals surface area (Å²) in [5.74, 6) is 0.322. The number of ether oxygens (including phenoxy) is 2. The molecule has 14 heteroatoms. The number of alkyl halides is 2. The second kappa shape index (κ2) is 11.1. The number of pyridine rings is 2. The average Bonchev–Trinajstić information content (AvgIpc) is 3.59. The topological polar surface area (TPSA) is 112 Å². The van der Waals surface area contributed by atoms with Crippen LogP contribution in [0.15, 0.2) is 71.3 Å². The summed E-state index contributed by atoms with van der Waals surface area (Å²) in [7, 11) is -0.527. The fourth-order valence-electron chi connectivity index (χ4n) is 5.70. The van der Waals surface area contributed by atoms with Crippen molar-refractivity contribution in [3.05, 3.63) is 78.2 Å². The van der Waals surface area contributed by atoms with Gasteiger partial charge in [0.05, 0.1) is 28.8 Å². The highest BCUT2D eigenvalue weighted by Crippen LogP contribution is 2.43. The summed E-state index contributed by atoms with van der Waals surface area (Å²) < 4.78 is 85.3. The number of hydrogen-bond acceptors (Lipinski definition) is 8. The highest BCUT2D eigenvalue weighted by Gasteiger charge is 2.27. The quantitative estimate of drug-likeness (QED) is 0.202. The SMILES string of the molecule is CNCc1c(-c2ccc(OC(F)F)nc2)oc2cc(N(C)S(C)(=O)=O)c(-c3ccc4c(n3)-c3cc5c(F)cccc5n3CO4)cc12. The van der Waals surface area contributed by atoms with E-state index in [0.29, 0.717) is 73.8 Å². The van der Waals surface area contributed by atoms with Gasteiger partial charge in [0.2, 0.25) is 15.9 Å². The maximum atomic E-state index is 14.7. The fraction of sp³-hybridized carbons (Fsp3) is 0.188. The molecule has 0 bridgehead atoms. The number of sulfonamides is 1.